The summed E-state index contributed by atoms with van der Waals surface area (Å²) in [5.41, 5.74) is 2.85. The van der Waals surface area contributed by atoms with E-state index in [1.807, 2.05) is 29.2 Å². The maximum Gasteiger partial charge on any atom is 0.256 e. The first kappa shape index (κ1) is 23.2. The molecule has 0 radical (unpaired) electrons. The molecule has 10 heteroatoms. The average molecular weight is 483 g/mol. The van der Waals surface area contributed by atoms with E-state index in [1.54, 1.807) is 17.3 Å². The number of aromatic nitrogens is 4. The predicted molar refractivity (Wildman–Crippen MR) is 132 cm³/mol. The fourth-order valence-corrected chi connectivity index (χ4v) is 4.57. The molecular formula is C26H23FN8O. The fourth-order valence-electron chi connectivity index (χ4n) is 4.57. The zero-order valence-corrected chi connectivity index (χ0v) is 19.4. The second-order valence-electron chi connectivity index (χ2n) is 8.69. The number of pyridine rings is 1. The van der Waals surface area contributed by atoms with Gasteiger partial charge in [-0.05, 0) is 18.2 Å². The number of piperazine rings is 1. The van der Waals surface area contributed by atoms with E-state index in [-0.39, 0.29) is 23.2 Å². The minimum Gasteiger partial charge on any atom is -0.361 e. The molecule has 1 amide bonds. The Kier molecular flexibility index (Phi) is 6.44. The van der Waals surface area contributed by atoms with Gasteiger partial charge in [-0.25, -0.2) is 9.24 Å². The summed E-state index contributed by atoms with van der Waals surface area (Å²) in [5, 5.41) is 15.0. The number of benzene rings is 1. The third-order valence-electron chi connectivity index (χ3n) is 6.50. The van der Waals surface area contributed by atoms with E-state index >= 15 is 0 Å². The van der Waals surface area contributed by atoms with E-state index in [9.17, 15) is 14.4 Å². The highest BCUT2D eigenvalue weighted by Crippen LogP contribution is 2.27. The third kappa shape index (κ3) is 4.54. The highest BCUT2D eigenvalue weighted by molar-refractivity contribution is 5.95. The molecule has 0 saturated carbocycles. The highest BCUT2D eigenvalue weighted by atomic mass is 19.1. The normalized spacial score (nSPS) is 14.9. The lowest BCUT2D eigenvalue weighted by molar-refractivity contribution is 0.0613. The maximum atomic E-state index is 14.3. The number of hydrogen-bond donors (Lipinski definition) is 1. The molecule has 4 aromatic rings. The summed E-state index contributed by atoms with van der Waals surface area (Å²) in [4.78, 5) is 27.5. The molecular weight excluding hydrogens is 459 g/mol. The first-order chi connectivity index (χ1) is 17.6. The van der Waals surface area contributed by atoms with Crippen LogP contribution in [0.1, 0.15) is 22.8 Å². The van der Waals surface area contributed by atoms with Crippen molar-refractivity contribution in [3.05, 3.63) is 77.9 Å². The van der Waals surface area contributed by atoms with Crippen LogP contribution in [0.3, 0.4) is 0 Å². The van der Waals surface area contributed by atoms with E-state index < -0.39 is 5.82 Å². The number of carbonyl (C=O) groups is 1. The van der Waals surface area contributed by atoms with Crippen LogP contribution in [0.2, 0.25) is 0 Å². The summed E-state index contributed by atoms with van der Waals surface area (Å²) in [5.74, 6) is -1.05. The number of nitriles is 1. The molecule has 1 fully saturated rings. The van der Waals surface area contributed by atoms with Gasteiger partial charge in [-0.2, -0.15) is 10.4 Å². The van der Waals surface area contributed by atoms with E-state index in [4.69, 9.17) is 6.57 Å². The topological polar surface area (TPSA) is 98.2 Å². The van der Waals surface area contributed by atoms with Gasteiger partial charge in [-0.3, -0.25) is 19.4 Å². The van der Waals surface area contributed by atoms with Crippen LogP contribution < -0.4 is 0 Å². The number of hydrogen-bond acceptors (Lipinski definition) is 5. The number of nitrogens with one attached hydrogen (secondary N) is 1. The number of aromatic amines is 1. The molecule has 4 heterocycles. The van der Waals surface area contributed by atoms with Crippen LogP contribution in [-0.2, 0) is 0 Å². The van der Waals surface area contributed by atoms with E-state index in [2.05, 4.69) is 30.9 Å². The Hall–Kier alpha value is -4.54. The Morgan fingerprint density at radius 1 is 1.25 bits per heavy atom. The molecule has 180 valence electrons. The lowest BCUT2D eigenvalue weighted by Crippen LogP contribution is -2.50. The minimum atomic E-state index is -0.677. The van der Waals surface area contributed by atoms with Crippen LogP contribution in [0.4, 0.5) is 10.1 Å². The van der Waals surface area contributed by atoms with E-state index in [0.717, 1.165) is 28.2 Å². The van der Waals surface area contributed by atoms with Crippen LogP contribution in [0, 0.1) is 23.7 Å². The Balaban J connectivity index is 1.25. The molecule has 1 aliphatic heterocycles. The maximum absolute atomic E-state index is 14.3. The highest BCUT2D eigenvalue weighted by Gasteiger charge is 2.26. The van der Waals surface area contributed by atoms with Crippen LogP contribution in [0.15, 0.2) is 55.1 Å². The SMILES string of the molecule is [C-]#[N+]c1ccc(C(=O)N2CCN(CC(CC#N)n3cc(-c4nccc5[nH]ccc45)cn3)CC2)c(F)c1. The first-order valence-corrected chi connectivity index (χ1v) is 11.6. The zero-order chi connectivity index (χ0) is 25.1. The second kappa shape index (κ2) is 9.98. The Morgan fingerprint density at radius 3 is 2.83 bits per heavy atom. The largest absolute Gasteiger partial charge is 0.361 e. The number of rotatable bonds is 6. The standard InChI is InChI=1S/C26H23FN8O/c1-29-19-2-3-21(23(27)14-19)26(36)34-12-10-33(11-13-34)17-20(4-7-28)35-16-18(15-32-35)25-22-5-8-30-24(22)6-9-31-25/h2-3,5-6,8-9,14-16,20,30H,4,10-13,17H2. The van der Waals surface area contributed by atoms with Crippen LogP contribution >= 0.6 is 0 Å². The Labute approximate surface area is 207 Å². The van der Waals surface area contributed by atoms with Crippen LogP contribution in [0.5, 0.6) is 0 Å². The molecule has 1 unspecified atom stereocenters. The molecule has 1 aromatic carbocycles. The first-order valence-electron chi connectivity index (χ1n) is 11.6. The van der Waals surface area contributed by atoms with Crippen molar-refractivity contribution in [2.45, 2.75) is 12.5 Å². The van der Waals surface area contributed by atoms with Crippen molar-refractivity contribution in [1.29, 1.82) is 5.26 Å². The molecule has 9 nitrogen and oxygen atoms in total. The zero-order valence-electron chi connectivity index (χ0n) is 19.4. The molecule has 1 aliphatic rings. The van der Waals surface area contributed by atoms with Gasteiger partial charge in [0.15, 0.2) is 5.69 Å². The molecule has 36 heavy (non-hydrogen) atoms. The molecule has 5 rings (SSSR count). The number of fused-ring (bicyclic) bond motifs is 1. The van der Waals surface area contributed by atoms with Gasteiger partial charge in [0.1, 0.15) is 5.82 Å². The van der Waals surface area contributed by atoms with Gasteiger partial charge in [0.2, 0.25) is 0 Å². The smallest absolute Gasteiger partial charge is 0.256 e. The van der Waals surface area contributed by atoms with Crippen molar-refractivity contribution in [1.82, 2.24) is 29.5 Å². The van der Waals surface area contributed by atoms with Crippen molar-refractivity contribution in [2.75, 3.05) is 32.7 Å². The van der Waals surface area contributed by atoms with Gasteiger partial charge in [0.25, 0.3) is 5.91 Å². The molecule has 1 saturated heterocycles. The number of carbonyl (C=O) groups excluding carboxylic acids is 1. The van der Waals surface area contributed by atoms with Gasteiger partial charge >= 0.3 is 0 Å². The Morgan fingerprint density at radius 2 is 2.08 bits per heavy atom. The Bertz CT molecular complexity index is 1490. The van der Waals surface area contributed by atoms with Crippen molar-refractivity contribution in [3.63, 3.8) is 0 Å². The number of H-pyrrole nitrogens is 1. The van der Waals surface area contributed by atoms with Gasteiger partial charge in [-0.1, -0.05) is 12.1 Å². The monoisotopic (exact) mass is 482 g/mol. The molecule has 3 aromatic heterocycles. The van der Waals surface area contributed by atoms with Crippen LogP contribution in [0.25, 0.3) is 27.0 Å². The van der Waals surface area contributed by atoms with Gasteiger partial charge < -0.3 is 9.88 Å². The quantitative estimate of drug-likeness (QED) is 0.419. The van der Waals surface area contributed by atoms with E-state index in [0.29, 0.717) is 39.1 Å². The average Bonchev–Trinajstić information content (AvgIpc) is 3.58. The summed E-state index contributed by atoms with van der Waals surface area (Å²) in [6.45, 7) is 9.70. The third-order valence-corrected chi connectivity index (χ3v) is 6.50. The molecule has 0 aliphatic carbocycles. The summed E-state index contributed by atoms with van der Waals surface area (Å²) in [6.07, 6.45) is 7.61. The lowest BCUT2D eigenvalue weighted by Gasteiger charge is -2.36. The van der Waals surface area contributed by atoms with Crippen molar-refractivity contribution in [2.24, 2.45) is 0 Å². The minimum absolute atomic E-state index is 0.0201. The van der Waals surface area contributed by atoms with E-state index in [1.165, 1.54) is 12.1 Å². The fraction of sp³-hybridized carbons (Fsp3) is 0.269. The van der Waals surface area contributed by atoms with Crippen molar-refractivity contribution >= 4 is 22.5 Å². The number of nitrogens with zero attached hydrogens (tertiary/aromatic N) is 7. The molecule has 1 N–H and O–H groups in total. The van der Waals surface area contributed by atoms with Crippen molar-refractivity contribution < 1.29 is 9.18 Å². The lowest BCUT2D eigenvalue weighted by atomic mass is 10.1. The van der Waals surface area contributed by atoms with Crippen molar-refractivity contribution in [3.8, 4) is 17.3 Å². The van der Waals surface area contributed by atoms with Gasteiger partial charge in [0, 0.05) is 67.8 Å². The second-order valence-corrected chi connectivity index (χ2v) is 8.69. The molecule has 1 atom stereocenters. The van der Waals surface area contributed by atoms with Gasteiger partial charge in [-0.15, -0.1) is 0 Å². The molecule has 0 spiro atoms. The number of halogens is 1. The summed E-state index contributed by atoms with van der Waals surface area (Å²) in [7, 11) is 0. The number of amides is 1. The van der Waals surface area contributed by atoms with Crippen LogP contribution in [-0.4, -0.2) is 68.2 Å². The summed E-state index contributed by atoms with van der Waals surface area (Å²) >= 11 is 0. The van der Waals surface area contributed by atoms with Gasteiger partial charge in [0.05, 0.1) is 42.6 Å². The molecule has 0 bridgehead atoms. The summed E-state index contributed by atoms with van der Waals surface area (Å²) in [6, 6.07) is 9.92. The predicted octanol–water partition coefficient (Wildman–Crippen LogP) is 4.03. The summed E-state index contributed by atoms with van der Waals surface area (Å²) < 4.78 is 16.1.